The predicted octanol–water partition coefficient (Wildman–Crippen LogP) is 12.4. The Morgan fingerprint density at radius 1 is 0.457 bits per heavy atom. The first-order chi connectivity index (χ1) is 50.9. The summed E-state index contributed by atoms with van der Waals surface area (Å²) >= 11 is 0. The summed E-state index contributed by atoms with van der Waals surface area (Å²) in [5.41, 5.74) is 0. The number of aliphatic hydroxyl groups is 11. The molecule has 0 radical (unpaired) electrons. The van der Waals surface area contributed by atoms with Gasteiger partial charge in [0.15, 0.2) is 12.6 Å². The molecule has 105 heavy (non-hydrogen) atoms. The van der Waals surface area contributed by atoms with E-state index in [2.05, 4.69) is 24.5 Å². The average molecular weight is 1510 g/mol. The van der Waals surface area contributed by atoms with Crippen molar-refractivity contribution >= 4 is 17.8 Å². The number of hydrogen-bond acceptors (Lipinski definition) is 20. The monoisotopic (exact) mass is 1510 g/mol. The molecule has 3 fully saturated rings. The molecule has 3 aliphatic rings. The number of unbranched alkanes of at least 4 members (excludes halogenated alkanes) is 49. The third kappa shape index (κ3) is 41.2. The van der Waals surface area contributed by atoms with Crippen molar-refractivity contribution in [3.63, 3.8) is 0 Å². The lowest BCUT2D eigenvalue weighted by atomic mass is 9.88. The molecule has 0 bridgehead atoms. The molecule has 18 unspecified atom stereocenters. The minimum atomic E-state index is -3.08. The molecule has 23 heteroatoms. The summed E-state index contributed by atoms with van der Waals surface area (Å²) in [6.07, 6.45) is 36.7. The molecule has 620 valence electrons. The van der Waals surface area contributed by atoms with Crippen molar-refractivity contribution in [1.29, 1.82) is 0 Å². The van der Waals surface area contributed by atoms with Gasteiger partial charge < -0.3 is 100 Å². The van der Waals surface area contributed by atoms with Gasteiger partial charge in [0.25, 0.3) is 5.79 Å². The van der Waals surface area contributed by atoms with Crippen LogP contribution in [0.3, 0.4) is 0 Å². The van der Waals surface area contributed by atoms with Crippen molar-refractivity contribution in [1.82, 2.24) is 10.6 Å². The highest BCUT2D eigenvalue weighted by Gasteiger charge is 2.60. The summed E-state index contributed by atoms with van der Waals surface area (Å²) in [5, 5.41) is 137. The van der Waals surface area contributed by atoms with Crippen LogP contribution >= 0.6 is 0 Å². The highest BCUT2D eigenvalue weighted by Crippen LogP contribution is 2.39. The van der Waals surface area contributed by atoms with Gasteiger partial charge in [-0.15, -0.1) is 0 Å². The fourth-order valence-corrected chi connectivity index (χ4v) is 15.3. The van der Waals surface area contributed by atoms with Crippen LogP contribution in [0.15, 0.2) is 0 Å². The van der Waals surface area contributed by atoms with E-state index in [0.29, 0.717) is 19.3 Å². The summed E-state index contributed by atoms with van der Waals surface area (Å²) in [5.74, 6) is -6.08. The van der Waals surface area contributed by atoms with Crippen LogP contribution < -0.4 is 10.6 Å². The topological polar surface area (TPSA) is 373 Å². The number of aliphatic carboxylic acids is 1. The molecule has 3 heterocycles. The minimum Gasteiger partial charge on any atom is -0.477 e. The third-order valence-electron chi connectivity index (χ3n) is 22.1. The predicted molar refractivity (Wildman–Crippen MR) is 408 cm³/mol. The lowest BCUT2D eigenvalue weighted by molar-refractivity contribution is -0.386. The number of carbonyl (C=O) groups is 3. The molecule has 0 aliphatic carbocycles. The molecular weight excluding hydrogens is 1350 g/mol. The van der Waals surface area contributed by atoms with Gasteiger partial charge in [0.05, 0.1) is 50.7 Å². The van der Waals surface area contributed by atoms with Gasteiger partial charge in [-0.05, 0) is 12.8 Å². The van der Waals surface area contributed by atoms with Crippen LogP contribution in [0.25, 0.3) is 0 Å². The van der Waals surface area contributed by atoms with E-state index in [1.165, 1.54) is 270 Å². The van der Waals surface area contributed by atoms with Crippen LogP contribution in [0.1, 0.15) is 367 Å². The average Bonchev–Trinajstić information content (AvgIpc) is 0.754. The second-order valence-electron chi connectivity index (χ2n) is 31.4. The van der Waals surface area contributed by atoms with Gasteiger partial charge in [-0.25, -0.2) is 4.79 Å². The Bertz CT molecular complexity index is 2090. The van der Waals surface area contributed by atoms with E-state index in [4.69, 9.17) is 28.4 Å². The summed E-state index contributed by atoms with van der Waals surface area (Å²) in [6, 6.07) is -2.53. The van der Waals surface area contributed by atoms with Crippen molar-refractivity contribution in [3.05, 3.63) is 0 Å². The Morgan fingerprint density at radius 3 is 1.19 bits per heavy atom. The van der Waals surface area contributed by atoms with Gasteiger partial charge in [0.1, 0.15) is 67.1 Å². The zero-order valence-corrected chi connectivity index (χ0v) is 65.9. The number of aliphatic hydroxyl groups excluding tert-OH is 11. The summed E-state index contributed by atoms with van der Waals surface area (Å²) < 4.78 is 35.0. The first-order valence-electron chi connectivity index (χ1n) is 42.9. The maximum Gasteiger partial charge on any atom is 0.364 e. The lowest BCUT2D eigenvalue weighted by Gasteiger charge is -2.50. The van der Waals surface area contributed by atoms with E-state index in [0.717, 1.165) is 51.9 Å². The largest absolute Gasteiger partial charge is 0.477 e. The van der Waals surface area contributed by atoms with Crippen LogP contribution in [0.5, 0.6) is 0 Å². The van der Waals surface area contributed by atoms with Crippen LogP contribution in [0, 0.1) is 0 Å². The standard InChI is InChI=1S/C82H156N2O21/c1-4-6-8-10-12-14-16-18-20-22-24-26-28-29-30-31-32-34-36-38-40-42-44-46-48-50-52-54-56-69(92)84-63(64(89)55-53-51-49-47-45-43-41-39-37-35-33-27-25-23-21-19-17-15-13-11-9-7-5-2)61-100-79-74(96)73(95)76(68(60-87)102-79)103-80-75(97)78(72(94)67(59-86)101-80)105-82(81(98)99)57-65(90)70(83-62(3)88)77(104-82)71(93)66(91)58-85/h63-68,70-80,85-87,89-91,93-97H,4-61H2,1-3H3,(H,83,88)(H,84,92)(H,98,99). The van der Waals surface area contributed by atoms with Gasteiger partial charge in [-0.3, -0.25) is 9.59 Å². The fourth-order valence-electron chi connectivity index (χ4n) is 15.3. The molecule has 18 atom stereocenters. The van der Waals surface area contributed by atoms with Crippen LogP contribution in [0.2, 0.25) is 0 Å². The van der Waals surface area contributed by atoms with Gasteiger partial charge in [-0.2, -0.15) is 0 Å². The first-order valence-corrected chi connectivity index (χ1v) is 42.9. The smallest absolute Gasteiger partial charge is 0.364 e. The first kappa shape index (κ1) is 96.9. The van der Waals surface area contributed by atoms with Gasteiger partial charge in [0.2, 0.25) is 11.8 Å². The Labute approximate surface area is 633 Å². The van der Waals surface area contributed by atoms with Crippen molar-refractivity contribution < 1.29 is 104 Å². The highest BCUT2D eigenvalue weighted by molar-refractivity contribution is 5.77. The number of nitrogens with one attached hydrogen (secondary N) is 2. The molecule has 0 spiro atoms. The number of rotatable bonds is 69. The summed E-state index contributed by atoms with van der Waals surface area (Å²) in [6.45, 7) is 2.29. The second-order valence-corrected chi connectivity index (χ2v) is 31.4. The van der Waals surface area contributed by atoms with E-state index in [-0.39, 0.29) is 18.9 Å². The molecule has 3 aliphatic heterocycles. The molecular formula is C82H156N2O21. The molecule has 0 aromatic carbocycles. The van der Waals surface area contributed by atoms with E-state index >= 15 is 0 Å². The molecule has 14 N–H and O–H groups in total. The van der Waals surface area contributed by atoms with Crippen LogP contribution in [-0.4, -0.2) is 215 Å². The zero-order valence-electron chi connectivity index (χ0n) is 65.9. The fraction of sp³-hybridized carbons (Fsp3) is 0.963. The van der Waals surface area contributed by atoms with E-state index in [9.17, 15) is 75.7 Å². The second kappa shape index (κ2) is 61.3. The number of carboxylic acid groups (broad SMARTS) is 1. The number of ether oxygens (including phenoxy) is 6. The Balaban J connectivity index is 1.48. The molecule has 2 amide bonds. The molecule has 0 aromatic heterocycles. The van der Waals surface area contributed by atoms with E-state index in [1.807, 2.05) is 0 Å². The van der Waals surface area contributed by atoms with E-state index < -0.39 is 148 Å². The molecule has 3 rings (SSSR count). The normalized spacial score (nSPS) is 26.2. The minimum absolute atomic E-state index is 0.230. The van der Waals surface area contributed by atoms with E-state index in [1.54, 1.807) is 0 Å². The van der Waals surface area contributed by atoms with Crippen LogP contribution in [-0.2, 0) is 42.8 Å². The van der Waals surface area contributed by atoms with Gasteiger partial charge in [-0.1, -0.05) is 335 Å². The van der Waals surface area contributed by atoms with Crippen LogP contribution in [0.4, 0.5) is 0 Å². The summed E-state index contributed by atoms with van der Waals surface area (Å²) in [7, 11) is 0. The number of carboxylic acids is 1. The number of hydrogen-bond donors (Lipinski definition) is 14. The van der Waals surface area contributed by atoms with Crippen molar-refractivity contribution in [2.24, 2.45) is 0 Å². The lowest BCUT2D eigenvalue weighted by Crippen LogP contribution is -2.70. The molecule has 23 nitrogen and oxygen atoms in total. The maximum atomic E-state index is 13.6. The molecule has 0 aromatic rings. The maximum absolute atomic E-state index is 13.6. The molecule has 0 saturated carbocycles. The number of carbonyl (C=O) groups excluding carboxylic acids is 2. The van der Waals surface area contributed by atoms with Gasteiger partial charge in [0, 0.05) is 19.8 Å². The van der Waals surface area contributed by atoms with Crippen molar-refractivity contribution in [3.8, 4) is 0 Å². The Hall–Kier alpha value is -2.27. The zero-order chi connectivity index (χ0) is 76.7. The highest BCUT2D eigenvalue weighted by atomic mass is 16.8. The quantitative estimate of drug-likeness (QED) is 0.0252. The Morgan fingerprint density at radius 2 is 0.829 bits per heavy atom. The van der Waals surface area contributed by atoms with Crippen molar-refractivity contribution in [2.45, 2.75) is 477 Å². The SMILES string of the molecule is CCCCCCCCCCCCCCCCCCCCCCCCCCCCCCC(=O)NC(COC1OC(CO)C(OC2OC(CO)C(O)C(OC3(C(=O)O)CC(O)C(NC(C)=O)C(C(O)C(O)CO)O3)C2O)C(O)C1O)C(O)CCCCCCCCCCCCCCCCCCCCCCCCC. The Kier molecular flexibility index (Phi) is 56.6. The van der Waals surface area contributed by atoms with Gasteiger partial charge >= 0.3 is 5.97 Å². The summed E-state index contributed by atoms with van der Waals surface area (Å²) in [4.78, 5) is 38.8. The number of amides is 2. The van der Waals surface area contributed by atoms with Crippen molar-refractivity contribution in [2.75, 3.05) is 26.4 Å². The molecule has 3 saturated heterocycles. The third-order valence-corrected chi connectivity index (χ3v) is 22.1.